The molecule has 3 aromatic rings. The molecule has 0 aliphatic carbocycles. The lowest BCUT2D eigenvalue weighted by molar-refractivity contribution is 0.469. The van der Waals surface area contributed by atoms with Crippen molar-refractivity contribution >= 4 is 11.0 Å². The number of hydrogen-bond donors (Lipinski definition) is 2. The van der Waals surface area contributed by atoms with Crippen LogP contribution in [0.2, 0.25) is 0 Å². The van der Waals surface area contributed by atoms with Gasteiger partial charge in [0.1, 0.15) is 11.6 Å². The summed E-state index contributed by atoms with van der Waals surface area (Å²) in [4.78, 5) is 7.81. The maximum absolute atomic E-state index is 9.75. The summed E-state index contributed by atoms with van der Waals surface area (Å²) in [7, 11) is 0. The summed E-state index contributed by atoms with van der Waals surface area (Å²) >= 11 is 0. The van der Waals surface area contributed by atoms with Gasteiger partial charge in [0.05, 0.1) is 11.0 Å². The fourth-order valence-electron chi connectivity index (χ4n) is 2.10. The summed E-state index contributed by atoms with van der Waals surface area (Å²) in [6, 6.07) is 13.5. The van der Waals surface area contributed by atoms with Gasteiger partial charge in [-0.15, -0.1) is 0 Å². The van der Waals surface area contributed by atoms with Crippen LogP contribution >= 0.6 is 0 Å². The van der Waals surface area contributed by atoms with Crippen molar-refractivity contribution in [3.63, 3.8) is 0 Å². The third-order valence-corrected chi connectivity index (χ3v) is 3.04. The number of aromatic hydroxyl groups is 1. The molecule has 0 bridgehead atoms. The molecule has 90 valence electrons. The first-order chi connectivity index (χ1) is 8.72. The lowest BCUT2D eigenvalue weighted by atomic mass is 10.1. The smallest absolute Gasteiger partial charge is 0.119 e. The van der Waals surface area contributed by atoms with E-state index in [4.69, 9.17) is 0 Å². The minimum absolute atomic E-state index is 0.314. The molecular formula is C15H14N2O. The zero-order valence-corrected chi connectivity index (χ0v) is 10.1. The van der Waals surface area contributed by atoms with Crippen LogP contribution in [-0.4, -0.2) is 15.1 Å². The average molecular weight is 238 g/mol. The molecule has 2 aromatic carbocycles. The summed E-state index contributed by atoms with van der Waals surface area (Å²) in [5.41, 5.74) is 4.10. The SMILES string of the molecule is Cc1ccc2nc(Cc3ccccc3O)[nH]c2c1. The number of imidazole rings is 1. The van der Waals surface area contributed by atoms with E-state index in [9.17, 15) is 5.11 Å². The van der Waals surface area contributed by atoms with Crippen molar-refractivity contribution in [2.45, 2.75) is 13.3 Å². The molecule has 0 fully saturated rings. The maximum Gasteiger partial charge on any atom is 0.119 e. The maximum atomic E-state index is 9.75. The van der Waals surface area contributed by atoms with Gasteiger partial charge in [-0.05, 0) is 30.7 Å². The van der Waals surface area contributed by atoms with Gasteiger partial charge in [0.2, 0.25) is 0 Å². The van der Waals surface area contributed by atoms with Crippen molar-refractivity contribution in [1.82, 2.24) is 9.97 Å². The van der Waals surface area contributed by atoms with Gasteiger partial charge in [-0.25, -0.2) is 4.98 Å². The Balaban J connectivity index is 1.98. The molecule has 0 spiro atoms. The van der Waals surface area contributed by atoms with Crippen LogP contribution in [0.15, 0.2) is 42.5 Å². The van der Waals surface area contributed by atoms with Gasteiger partial charge in [0.25, 0.3) is 0 Å². The van der Waals surface area contributed by atoms with Gasteiger partial charge in [-0.3, -0.25) is 0 Å². The van der Waals surface area contributed by atoms with Gasteiger partial charge in [0.15, 0.2) is 0 Å². The number of nitrogens with one attached hydrogen (secondary N) is 1. The number of nitrogens with zero attached hydrogens (tertiary/aromatic N) is 1. The lowest BCUT2D eigenvalue weighted by Crippen LogP contribution is -1.90. The molecule has 3 heteroatoms. The Labute approximate surface area is 105 Å². The highest BCUT2D eigenvalue weighted by Crippen LogP contribution is 2.20. The monoisotopic (exact) mass is 238 g/mol. The first-order valence-corrected chi connectivity index (χ1v) is 5.94. The van der Waals surface area contributed by atoms with Crippen LogP contribution in [0.3, 0.4) is 0 Å². The second-order valence-corrected chi connectivity index (χ2v) is 4.51. The molecule has 3 rings (SSSR count). The normalized spacial score (nSPS) is 10.9. The summed E-state index contributed by atoms with van der Waals surface area (Å²) in [6.07, 6.45) is 0.612. The van der Waals surface area contributed by atoms with E-state index in [-0.39, 0.29) is 0 Å². The highest BCUT2D eigenvalue weighted by Gasteiger charge is 2.06. The van der Waals surface area contributed by atoms with Crippen LogP contribution in [-0.2, 0) is 6.42 Å². The van der Waals surface area contributed by atoms with Crippen LogP contribution in [0.25, 0.3) is 11.0 Å². The van der Waals surface area contributed by atoms with Crippen LogP contribution < -0.4 is 0 Å². The Morgan fingerprint density at radius 3 is 2.83 bits per heavy atom. The van der Waals surface area contributed by atoms with E-state index in [1.165, 1.54) is 5.56 Å². The molecular weight excluding hydrogens is 224 g/mol. The van der Waals surface area contributed by atoms with Gasteiger partial charge >= 0.3 is 0 Å². The predicted molar refractivity (Wildman–Crippen MR) is 71.7 cm³/mol. The molecule has 0 radical (unpaired) electrons. The van der Waals surface area contributed by atoms with E-state index < -0.39 is 0 Å². The predicted octanol–water partition coefficient (Wildman–Crippen LogP) is 3.17. The van der Waals surface area contributed by atoms with E-state index in [0.29, 0.717) is 12.2 Å². The minimum atomic E-state index is 0.314. The molecule has 0 aliphatic rings. The van der Waals surface area contributed by atoms with Gasteiger partial charge < -0.3 is 10.1 Å². The number of aromatic nitrogens is 2. The van der Waals surface area contributed by atoms with Gasteiger partial charge in [-0.1, -0.05) is 24.3 Å². The van der Waals surface area contributed by atoms with Crippen LogP contribution in [0.4, 0.5) is 0 Å². The molecule has 2 N–H and O–H groups in total. The Morgan fingerprint density at radius 2 is 2.00 bits per heavy atom. The molecule has 0 amide bonds. The van der Waals surface area contributed by atoms with Crippen LogP contribution in [0, 0.1) is 6.92 Å². The van der Waals surface area contributed by atoms with Crippen LogP contribution in [0.5, 0.6) is 5.75 Å². The van der Waals surface area contributed by atoms with Crippen LogP contribution in [0.1, 0.15) is 17.0 Å². The largest absolute Gasteiger partial charge is 0.508 e. The summed E-state index contributed by atoms with van der Waals surface area (Å²) < 4.78 is 0. The standard InChI is InChI=1S/C15H14N2O/c1-10-6-7-12-13(8-10)17-15(16-12)9-11-4-2-3-5-14(11)18/h2-8,18H,9H2,1H3,(H,16,17). The highest BCUT2D eigenvalue weighted by atomic mass is 16.3. The number of para-hydroxylation sites is 1. The third-order valence-electron chi connectivity index (χ3n) is 3.04. The van der Waals surface area contributed by atoms with Crippen molar-refractivity contribution in [2.24, 2.45) is 0 Å². The third kappa shape index (κ3) is 1.95. The van der Waals surface area contributed by atoms with E-state index in [2.05, 4.69) is 23.0 Å². The Kier molecular flexibility index (Phi) is 2.52. The van der Waals surface area contributed by atoms with E-state index in [1.54, 1.807) is 6.07 Å². The van der Waals surface area contributed by atoms with Gasteiger partial charge in [0, 0.05) is 12.0 Å². The summed E-state index contributed by atoms with van der Waals surface area (Å²) in [5.74, 6) is 1.19. The molecule has 1 heterocycles. The number of phenolic OH excluding ortho intramolecular Hbond substituents is 1. The number of benzene rings is 2. The minimum Gasteiger partial charge on any atom is -0.508 e. The number of rotatable bonds is 2. The molecule has 18 heavy (non-hydrogen) atoms. The van der Waals surface area contributed by atoms with Crippen molar-refractivity contribution < 1.29 is 5.11 Å². The molecule has 0 atom stereocenters. The number of aromatic amines is 1. The lowest BCUT2D eigenvalue weighted by Gasteiger charge is -2.00. The second-order valence-electron chi connectivity index (χ2n) is 4.51. The number of H-pyrrole nitrogens is 1. The average Bonchev–Trinajstić information content (AvgIpc) is 2.73. The Morgan fingerprint density at radius 1 is 1.17 bits per heavy atom. The van der Waals surface area contributed by atoms with E-state index in [1.807, 2.05) is 30.3 Å². The second kappa shape index (κ2) is 4.18. The fourth-order valence-corrected chi connectivity index (χ4v) is 2.10. The van der Waals surface area contributed by atoms with E-state index >= 15 is 0 Å². The number of aryl methyl sites for hydroxylation is 1. The summed E-state index contributed by atoms with van der Waals surface area (Å²) in [5, 5.41) is 9.75. The van der Waals surface area contributed by atoms with E-state index in [0.717, 1.165) is 22.4 Å². The Bertz CT molecular complexity index is 701. The van der Waals surface area contributed by atoms with Crippen molar-refractivity contribution in [3.05, 3.63) is 59.4 Å². The highest BCUT2D eigenvalue weighted by molar-refractivity contribution is 5.75. The fraction of sp³-hybridized carbons (Fsp3) is 0.133. The quantitative estimate of drug-likeness (QED) is 0.720. The first kappa shape index (κ1) is 10.8. The number of hydrogen-bond acceptors (Lipinski definition) is 2. The molecule has 0 saturated heterocycles. The van der Waals surface area contributed by atoms with Crippen molar-refractivity contribution in [3.8, 4) is 5.75 Å². The molecule has 3 nitrogen and oxygen atoms in total. The number of fused-ring (bicyclic) bond motifs is 1. The topological polar surface area (TPSA) is 48.9 Å². The first-order valence-electron chi connectivity index (χ1n) is 5.94. The van der Waals surface area contributed by atoms with Crippen molar-refractivity contribution in [2.75, 3.05) is 0 Å². The molecule has 1 aromatic heterocycles. The zero-order chi connectivity index (χ0) is 12.5. The molecule has 0 saturated carbocycles. The molecule has 0 aliphatic heterocycles. The zero-order valence-electron chi connectivity index (χ0n) is 10.1. The number of phenols is 1. The van der Waals surface area contributed by atoms with Crippen molar-refractivity contribution in [1.29, 1.82) is 0 Å². The summed E-state index contributed by atoms with van der Waals surface area (Å²) in [6.45, 7) is 2.06. The molecule has 0 unspecified atom stereocenters. The van der Waals surface area contributed by atoms with Gasteiger partial charge in [-0.2, -0.15) is 0 Å². The Hall–Kier alpha value is -2.29.